The summed E-state index contributed by atoms with van der Waals surface area (Å²) in [6.07, 6.45) is 2.99. The van der Waals surface area contributed by atoms with Crippen molar-refractivity contribution in [3.8, 4) is 0 Å². The molecule has 0 saturated heterocycles. The summed E-state index contributed by atoms with van der Waals surface area (Å²) in [5.41, 5.74) is 1.93. The summed E-state index contributed by atoms with van der Waals surface area (Å²) in [6.45, 7) is 2.27. The lowest BCUT2D eigenvalue weighted by Crippen LogP contribution is -2.23. The summed E-state index contributed by atoms with van der Waals surface area (Å²) in [5.74, 6) is -0.269. The van der Waals surface area contributed by atoms with E-state index in [4.69, 9.17) is 0 Å². The number of carbonyl (C=O) groups is 1. The molecular weight excluding hydrogens is 272 g/mol. The average Bonchev–Trinajstić information content (AvgIpc) is 2.52. The van der Waals surface area contributed by atoms with Gasteiger partial charge in [-0.2, -0.15) is 0 Å². The van der Waals surface area contributed by atoms with Crippen molar-refractivity contribution in [2.75, 3.05) is 32.0 Å². The van der Waals surface area contributed by atoms with Crippen molar-refractivity contribution >= 4 is 17.3 Å². The molecule has 0 radical (unpaired) electrons. The molecule has 0 spiro atoms. The highest BCUT2D eigenvalue weighted by Crippen LogP contribution is 2.26. The minimum atomic E-state index is -0.452. The van der Waals surface area contributed by atoms with Crippen LogP contribution < -0.4 is 16.0 Å². The van der Waals surface area contributed by atoms with Crippen LogP contribution in [0.4, 0.5) is 11.4 Å². The molecular formula is C14H18N4O3. The normalized spacial score (nSPS) is 14.2. The number of nitro benzene ring substituents is 1. The van der Waals surface area contributed by atoms with Crippen molar-refractivity contribution in [3.05, 3.63) is 45.5 Å². The Morgan fingerprint density at radius 3 is 2.90 bits per heavy atom. The zero-order valence-electron chi connectivity index (χ0n) is 11.8. The molecule has 7 nitrogen and oxygen atoms in total. The number of amides is 1. The van der Waals surface area contributed by atoms with E-state index in [9.17, 15) is 14.9 Å². The van der Waals surface area contributed by atoms with Crippen LogP contribution in [0.5, 0.6) is 0 Å². The van der Waals surface area contributed by atoms with Crippen molar-refractivity contribution in [1.82, 2.24) is 10.6 Å². The maximum atomic E-state index is 11.6. The zero-order chi connectivity index (χ0) is 15.2. The highest BCUT2D eigenvalue weighted by atomic mass is 16.6. The second-order valence-corrected chi connectivity index (χ2v) is 4.74. The van der Waals surface area contributed by atoms with Gasteiger partial charge >= 0.3 is 0 Å². The molecule has 112 valence electrons. The predicted molar refractivity (Wildman–Crippen MR) is 80.5 cm³/mol. The molecule has 0 saturated carbocycles. The third-order valence-corrected chi connectivity index (χ3v) is 3.35. The standard InChI is InChI=1S/C14H18N4O3/c1-15-14(19)11-2-3-13(18(20)21)12(8-11)17-9-10-4-6-16-7-5-10/h2-4,8,16-17H,5-7,9H2,1H3,(H,15,19). The average molecular weight is 290 g/mol. The molecule has 1 heterocycles. The van der Waals surface area contributed by atoms with Crippen molar-refractivity contribution < 1.29 is 9.72 Å². The first kappa shape index (κ1) is 15.0. The summed E-state index contributed by atoms with van der Waals surface area (Å²) in [6, 6.07) is 4.31. The largest absolute Gasteiger partial charge is 0.376 e. The van der Waals surface area contributed by atoms with Gasteiger partial charge in [-0.15, -0.1) is 0 Å². The number of benzene rings is 1. The van der Waals surface area contributed by atoms with E-state index in [1.165, 1.54) is 30.8 Å². The number of nitro groups is 1. The third kappa shape index (κ3) is 3.79. The summed E-state index contributed by atoms with van der Waals surface area (Å²) in [5, 5.41) is 19.8. The molecule has 0 aromatic heterocycles. The SMILES string of the molecule is CNC(=O)c1ccc([N+](=O)[O-])c(NCC2=CCNCC2)c1. The molecule has 21 heavy (non-hydrogen) atoms. The smallest absolute Gasteiger partial charge is 0.292 e. The van der Waals surface area contributed by atoms with Crippen LogP contribution in [0.2, 0.25) is 0 Å². The van der Waals surface area contributed by atoms with E-state index in [-0.39, 0.29) is 11.6 Å². The zero-order valence-corrected chi connectivity index (χ0v) is 11.8. The molecule has 0 bridgehead atoms. The minimum absolute atomic E-state index is 0.0304. The number of carbonyl (C=O) groups excluding carboxylic acids is 1. The number of nitrogens with zero attached hydrogens (tertiary/aromatic N) is 1. The van der Waals surface area contributed by atoms with Gasteiger partial charge in [0.15, 0.2) is 0 Å². The van der Waals surface area contributed by atoms with Gasteiger partial charge in [-0.05, 0) is 25.1 Å². The van der Waals surface area contributed by atoms with Crippen LogP contribution in [0, 0.1) is 10.1 Å². The maximum Gasteiger partial charge on any atom is 0.292 e. The molecule has 3 N–H and O–H groups in total. The Labute approximate surface area is 122 Å². The molecule has 1 aromatic rings. The van der Waals surface area contributed by atoms with Gasteiger partial charge in [0.1, 0.15) is 5.69 Å². The van der Waals surface area contributed by atoms with E-state index >= 15 is 0 Å². The summed E-state index contributed by atoms with van der Waals surface area (Å²) < 4.78 is 0. The molecule has 0 atom stereocenters. The maximum absolute atomic E-state index is 11.6. The van der Waals surface area contributed by atoms with Crippen LogP contribution >= 0.6 is 0 Å². The van der Waals surface area contributed by atoms with Crippen LogP contribution in [0.25, 0.3) is 0 Å². The Balaban J connectivity index is 2.19. The highest BCUT2D eigenvalue weighted by Gasteiger charge is 2.16. The first-order chi connectivity index (χ1) is 10.1. The van der Waals surface area contributed by atoms with Gasteiger partial charge in [0, 0.05) is 31.8 Å². The third-order valence-electron chi connectivity index (χ3n) is 3.35. The van der Waals surface area contributed by atoms with Gasteiger partial charge in [0.05, 0.1) is 4.92 Å². The van der Waals surface area contributed by atoms with E-state index in [2.05, 4.69) is 22.0 Å². The first-order valence-corrected chi connectivity index (χ1v) is 6.75. The first-order valence-electron chi connectivity index (χ1n) is 6.75. The van der Waals surface area contributed by atoms with Gasteiger partial charge in [-0.1, -0.05) is 11.6 Å². The lowest BCUT2D eigenvalue weighted by atomic mass is 10.1. The molecule has 0 aliphatic carbocycles. The van der Waals surface area contributed by atoms with Crippen molar-refractivity contribution in [2.45, 2.75) is 6.42 Å². The summed E-state index contributed by atoms with van der Waals surface area (Å²) in [7, 11) is 1.52. The Bertz CT molecular complexity index is 584. The van der Waals surface area contributed by atoms with E-state index in [1.807, 2.05) is 0 Å². The predicted octanol–water partition coefficient (Wildman–Crippen LogP) is 1.29. The van der Waals surface area contributed by atoms with E-state index in [1.54, 1.807) is 0 Å². The fourth-order valence-corrected chi connectivity index (χ4v) is 2.16. The molecule has 1 amide bonds. The summed E-state index contributed by atoms with van der Waals surface area (Å²) in [4.78, 5) is 22.2. The van der Waals surface area contributed by atoms with Gasteiger partial charge < -0.3 is 16.0 Å². The Morgan fingerprint density at radius 1 is 1.48 bits per heavy atom. The second kappa shape index (κ2) is 6.85. The number of anilines is 1. The number of nitrogens with one attached hydrogen (secondary N) is 3. The Morgan fingerprint density at radius 2 is 2.29 bits per heavy atom. The van der Waals surface area contributed by atoms with E-state index < -0.39 is 4.92 Å². The van der Waals surface area contributed by atoms with Crippen LogP contribution in [0.1, 0.15) is 16.8 Å². The second-order valence-electron chi connectivity index (χ2n) is 4.74. The number of rotatable bonds is 5. The van der Waals surface area contributed by atoms with Gasteiger partial charge in [0.2, 0.25) is 0 Å². The fraction of sp³-hybridized carbons (Fsp3) is 0.357. The molecule has 1 aliphatic heterocycles. The Hall–Kier alpha value is -2.41. The van der Waals surface area contributed by atoms with E-state index in [0.29, 0.717) is 17.8 Å². The van der Waals surface area contributed by atoms with Gasteiger partial charge in [-0.25, -0.2) is 0 Å². The highest BCUT2D eigenvalue weighted by molar-refractivity contribution is 5.95. The molecule has 0 unspecified atom stereocenters. The van der Waals surface area contributed by atoms with Crippen LogP contribution in [0.15, 0.2) is 29.8 Å². The van der Waals surface area contributed by atoms with Crippen molar-refractivity contribution in [2.24, 2.45) is 0 Å². The molecule has 7 heteroatoms. The van der Waals surface area contributed by atoms with Gasteiger partial charge in [-0.3, -0.25) is 14.9 Å². The fourth-order valence-electron chi connectivity index (χ4n) is 2.16. The number of hydrogen-bond donors (Lipinski definition) is 3. The monoisotopic (exact) mass is 290 g/mol. The molecule has 1 aromatic carbocycles. The van der Waals surface area contributed by atoms with Crippen molar-refractivity contribution in [3.63, 3.8) is 0 Å². The van der Waals surface area contributed by atoms with Crippen LogP contribution in [-0.4, -0.2) is 37.5 Å². The lowest BCUT2D eigenvalue weighted by molar-refractivity contribution is -0.384. The van der Waals surface area contributed by atoms with Crippen molar-refractivity contribution in [1.29, 1.82) is 0 Å². The summed E-state index contributed by atoms with van der Waals surface area (Å²) >= 11 is 0. The Kier molecular flexibility index (Phi) is 4.89. The van der Waals surface area contributed by atoms with Crippen LogP contribution in [0.3, 0.4) is 0 Å². The molecule has 0 fully saturated rings. The lowest BCUT2D eigenvalue weighted by Gasteiger charge is -2.15. The van der Waals surface area contributed by atoms with E-state index in [0.717, 1.165) is 19.5 Å². The molecule has 2 rings (SSSR count). The quantitative estimate of drug-likeness (QED) is 0.431. The van der Waals surface area contributed by atoms with Crippen LogP contribution in [-0.2, 0) is 0 Å². The number of hydrogen-bond acceptors (Lipinski definition) is 5. The topological polar surface area (TPSA) is 96.3 Å². The molecule has 1 aliphatic rings. The van der Waals surface area contributed by atoms with Gasteiger partial charge in [0.25, 0.3) is 11.6 Å². The minimum Gasteiger partial charge on any atom is -0.376 e.